The van der Waals surface area contributed by atoms with Crippen LogP contribution in [0.3, 0.4) is 0 Å². The number of aliphatic carboxylic acids is 1. The molecule has 2 aliphatic rings. The Morgan fingerprint density at radius 2 is 1.84 bits per heavy atom. The highest BCUT2D eigenvalue weighted by Gasteiger charge is 2.38. The highest BCUT2D eigenvalue weighted by Crippen LogP contribution is 2.26. The average molecular weight is 622 g/mol. The standard InChI is InChI=1S/C29H40FN5O9/c1-29(2,3)44-28(42)32-18-13-19-16-43-22-8-6-17(30)12-20(22)27(41)34(5)21(26(40)31-11-10-25(38)39)7-9-23(36)33(4)15-24(37)35(19)14-18/h6,8,12,18-19,21H,7,9-11,13-16H2,1-5H3,(H,31,40)(H,32,42)(H,38,39)/t18-,19-,21-/m0/s1. The molecule has 2 heterocycles. The molecule has 3 N–H and O–H groups in total. The normalized spacial score (nSPS) is 21.8. The van der Waals surface area contributed by atoms with Gasteiger partial charge in [-0.15, -0.1) is 0 Å². The van der Waals surface area contributed by atoms with E-state index in [1.165, 1.54) is 30.0 Å². The fourth-order valence-corrected chi connectivity index (χ4v) is 5.02. The van der Waals surface area contributed by atoms with Gasteiger partial charge in [0.25, 0.3) is 5.91 Å². The van der Waals surface area contributed by atoms with Crippen molar-refractivity contribution in [2.45, 2.75) is 70.2 Å². The molecule has 242 valence electrons. The molecule has 0 aliphatic carbocycles. The number of carbonyl (C=O) groups excluding carboxylic acids is 5. The molecule has 0 unspecified atom stereocenters. The zero-order chi connectivity index (χ0) is 32.8. The van der Waals surface area contributed by atoms with Crippen molar-refractivity contribution in [3.63, 3.8) is 0 Å². The minimum Gasteiger partial charge on any atom is -0.491 e. The molecule has 2 aliphatic heterocycles. The van der Waals surface area contributed by atoms with E-state index in [2.05, 4.69) is 10.6 Å². The number of hydrogen-bond donors (Lipinski definition) is 3. The quantitative estimate of drug-likeness (QED) is 0.433. The number of hydrogen-bond acceptors (Lipinski definition) is 8. The summed E-state index contributed by atoms with van der Waals surface area (Å²) in [6, 6.07) is 1.07. The number of benzene rings is 1. The van der Waals surface area contributed by atoms with E-state index < -0.39 is 65.2 Å². The molecule has 0 spiro atoms. The van der Waals surface area contributed by atoms with Gasteiger partial charge in [0.1, 0.15) is 29.8 Å². The summed E-state index contributed by atoms with van der Waals surface area (Å²) in [5.41, 5.74) is -0.917. The molecule has 0 aromatic heterocycles. The van der Waals surface area contributed by atoms with Gasteiger partial charge in [0.2, 0.25) is 17.7 Å². The lowest BCUT2D eigenvalue weighted by Crippen LogP contribution is -2.49. The van der Waals surface area contributed by atoms with Gasteiger partial charge in [-0.1, -0.05) is 0 Å². The molecule has 15 heteroatoms. The van der Waals surface area contributed by atoms with Crippen LogP contribution in [0.5, 0.6) is 5.75 Å². The fraction of sp³-hybridized carbons (Fsp3) is 0.586. The van der Waals surface area contributed by atoms with Gasteiger partial charge in [-0.05, 0) is 51.8 Å². The lowest BCUT2D eigenvalue weighted by molar-refractivity contribution is -0.140. The summed E-state index contributed by atoms with van der Waals surface area (Å²) in [6.07, 6.45) is -1.10. The predicted octanol–water partition coefficient (Wildman–Crippen LogP) is 0.982. The van der Waals surface area contributed by atoms with E-state index in [0.29, 0.717) is 0 Å². The number of carboxylic acids is 1. The fourth-order valence-electron chi connectivity index (χ4n) is 5.02. The molecule has 3 atom stereocenters. The molecule has 14 nitrogen and oxygen atoms in total. The zero-order valence-electron chi connectivity index (χ0n) is 25.6. The summed E-state index contributed by atoms with van der Waals surface area (Å²) >= 11 is 0. The number of nitrogens with one attached hydrogen (secondary N) is 2. The molecule has 0 saturated carbocycles. The number of carboxylic acid groups (broad SMARTS) is 1. The topological polar surface area (TPSA) is 175 Å². The van der Waals surface area contributed by atoms with Crippen molar-refractivity contribution in [1.82, 2.24) is 25.3 Å². The van der Waals surface area contributed by atoms with Crippen LogP contribution in [-0.2, 0) is 23.9 Å². The van der Waals surface area contributed by atoms with E-state index >= 15 is 0 Å². The Bertz CT molecular complexity index is 1280. The van der Waals surface area contributed by atoms with Gasteiger partial charge in [-0.2, -0.15) is 0 Å². The lowest BCUT2D eigenvalue weighted by atomic mass is 10.1. The third-order valence-electron chi connectivity index (χ3n) is 7.22. The van der Waals surface area contributed by atoms with Crippen molar-refractivity contribution in [3.05, 3.63) is 29.6 Å². The van der Waals surface area contributed by atoms with Gasteiger partial charge in [-0.25, -0.2) is 9.18 Å². The van der Waals surface area contributed by atoms with Crippen molar-refractivity contribution in [2.24, 2.45) is 0 Å². The van der Waals surface area contributed by atoms with E-state index in [0.717, 1.165) is 17.0 Å². The van der Waals surface area contributed by atoms with E-state index in [1.807, 2.05) is 0 Å². The minimum atomic E-state index is -1.21. The van der Waals surface area contributed by atoms with Gasteiger partial charge >= 0.3 is 12.1 Å². The third-order valence-corrected chi connectivity index (χ3v) is 7.22. The molecule has 0 bridgehead atoms. The Labute approximate surface area is 254 Å². The smallest absolute Gasteiger partial charge is 0.407 e. The number of alkyl carbamates (subject to hydrolysis) is 1. The van der Waals surface area contributed by atoms with Crippen molar-refractivity contribution in [3.8, 4) is 5.75 Å². The first-order chi connectivity index (χ1) is 20.6. The van der Waals surface area contributed by atoms with Crippen LogP contribution in [0, 0.1) is 5.82 Å². The van der Waals surface area contributed by atoms with Crippen molar-refractivity contribution in [2.75, 3.05) is 40.3 Å². The van der Waals surface area contributed by atoms with Crippen LogP contribution >= 0.6 is 0 Å². The van der Waals surface area contributed by atoms with Gasteiger partial charge in [0.15, 0.2) is 0 Å². The molecule has 1 saturated heterocycles. The maximum atomic E-state index is 14.4. The van der Waals surface area contributed by atoms with E-state index in [-0.39, 0.29) is 63.2 Å². The SMILES string of the molecule is CN1CC(=O)N2C[C@@H](NC(=O)OC(C)(C)C)C[C@H]2COc2ccc(F)cc2C(=O)N(C)[C@H](C(=O)NCCC(=O)O)CCC1=O. The minimum absolute atomic E-state index is 0.00676. The van der Waals surface area contributed by atoms with Crippen LogP contribution < -0.4 is 15.4 Å². The Morgan fingerprint density at radius 1 is 1.14 bits per heavy atom. The molecule has 3 rings (SSSR count). The van der Waals surface area contributed by atoms with E-state index in [1.54, 1.807) is 20.8 Å². The average Bonchev–Trinajstić information content (AvgIpc) is 3.32. The van der Waals surface area contributed by atoms with Crippen LogP contribution in [-0.4, -0.2) is 120 Å². The summed E-state index contributed by atoms with van der Waals surface area (Å²) in [6.45, 7) is 4.67. The molecule has 1 aromatic carbocycles. The van der Waals surface area contributed by atoms with Gasteiger partial charge < -0.3 is 39.9 Å². The molecule has 1 aromatic rings. The van der Waals surface area contributed by atoms with E-state index in [9.17, 15) is 33.2 Å². The second-order valence-electron chi connectivity index (χ2n) is 11.9. The molecular weight excluding hydrogens is 581 g/mol. The highest BCUT2D eigenvalue weighted by molar-refractivity contribution is 5.99. The number of carbonyl (C=O) groups is 6. The summed E-state index contributed by atoms with van der Waals surface area (Å²) in [4.78, 5) is 80.2. The van der Waals surface area contributed by atoms with E-state index in [4.69, 9.17) is 14.6 Å². The Balaban J connectivity index is 1.91. The number of fused-ring (bicyclic) bond motifs is 2. The second-order valence-corrected chi connectivity index (χ2v) is 11.9. The molecule has 1 fully saturated rings. The van der Waals surface area contributed by atoms with Crippen LogP contribution in [0.15, 0.2) is 18.2 Å². The Kier molecular flexibility index (Phi) is 11.1. The first kappa shape index (κ1) is 34.1. The maximum absolute atomic E-state index is 14.4. The number of nitrogens with zero attached hydrogens (tertiary/aromatic N) is 3. The summed E-state index contributed by atoms with van der Waals surface area (Å²) in [7, 11) is 2.76. The van der Waals surface area contributed by atoms with Crippen molar-refractivity contribution < 1.29 is 47.7 Å². The van der Waals surface area contributed by atoms with Crippen molar-refractivity contribution >= 4 is 35.7 Å². The van der Waals surface area contributed by atoms with Crippen molar-refractivity contribution in [1.29, 1.82) is 0 Å². The number of ether oxygens (including phenoxy) is 2. The van der Waals surface area contributed by atoms with Crippen LogP contribution in [0.2, 0.25) is 0 Å². The first-order valence-electron chi connectivity index (χ1n) is 14.3. The number of rotatable bonds is 5. The zero-order valence-corrected chi connectivity index (χ0v) is 25.6. The molecule has 5 amide bonds. The number of amides is 5. The van der Waals surface area contributed by atoms with Gasteiger partial charge in [0.05, 0.1) is 30.6 Å². The molecular formula is C29H40FN5O9. The number of likely N-dealkylation sites (N-methyl/N-ethyl adjacent to an activating group) is 2. The van der Waals surface area contributed by atoms with Gasteiger partial charge in [0, 0.05) is 33.6 Å². The number of halogens is 1. The maximum Gasteiger partial charge on any atom is 0.407 e. The third kappa shape index (κ3) is 9.28. The van der Waals surface area contributed by atoms with Crippen LogP contribution in [0.4, 0.5) is 9.18 Å². The first-order valence-corrected chi connectivity index (χ1v) is 14.3. The Morgan fingerprint density at radius 3 is 2.50 bits per heavy atom. The summed E-state index contributed by atoms with van der Waals surface area (Å²) in [5, 5.41) is 14.1. The predicted molar refractivity (Wildman–Crippen MR) is 153 cm³/mol. The second kappa shape index (κ2) is 14.4. The largest absolute Gasteiger partial charge is 0.491 e. The lowest BCUT2D eigenvalue weighted by Gasteiger charge is -2.28. The molecule has 44 heavy (non-hydrogen) atoms. The monoisotopic (exact) mass is 621 g/mol. The molecule has 0 radical (unpaired) electrons. The van der Waals surface area contributed by atoms with Gasteiger partial charge in [-0.3, -0.25) is 24.0 Å². The summed E-state index contributed by atoms with van der Waals surface area (Å²) in [5.74, 6) is -4.20. The Hall–Kier alpha value is -4.43. The van der Waals surface area contributed by atoms with Crippen LogP contribution in [0.25, 0.3) is 0 Å². The highest BCUT2D eigenvalue weighted by atomic mass is 19.1. The summed E-state index contributed by atoms with van der Waals surface area (Å²) < 4.78 is 25.7. The van der Waals surface area contributed by atoms with Crippen LogP contribution in [0.1, 0.15) is 56.8 Å².